The molecule has 9 heteroatoms. The molecule has 0 spiro atoms. The number of nitro benzene ring substituents is 1. The zero-order valence-corrected chi connectivity index (χ0v) is 15.8. The summed E-state index contributed by atoms with van der Waals surface area (Å²) in [6.07, 6.45) is 3.32. The SMILES string of the molecule is O=C(Nc1ccc([N+](=O)[O-])cc1)c1oc2ccccc2c1CSc1ncccn1. The van der Waals surface area contributed by atoms with Gasteiger partial charge in [0.25, 0.3) is 11.6 Å². The summed E-state index contributed by atoms with van der Waals surface area (Å²) in [5, 5.41) is 14.9. The molecule has 0 bridgehead atoms. The quantitative estimate of drug-likeness (QED) is 0.214. The minimum absolute atomic E-state index is 0.0494. The monoisotopic (exact) mass is 406 g/mol. The van der Waals surface area contributed by atoms with Crippen molar-refractivity contribution < 1.29 is 14.1 Å². The largest absolute Gasteiger partial charge is 0.451 e. The highest BCUT2D eigenvalue weighted by Gasteiger charge is 2.21. The van der Waals surface area contributed by atoms with Gasteiger partial charge in [0.05, 0.1) is 4.92 Å². The molecule has 29 heavy (non-hydrogen) atoms. The Hall–Kier alpha value is -3.72. The molecule has 0 atom stereocenters. The van der Waals surface area contributed by atoms with Crippen LogP contribution in [0.3, 0.4) is 0 Å². The molecule has 0 saturated heterocycles. The minimum Gasteiger partial charge on any atom is -0.451 e. The number of benzene rings is 2. The Morgan fingerprint density at radius 3 is 2.52 bits per heavy atom. The number of carbonyl (C=O) groups excluding carboxylic acids is 1. The summed E-state index contributed by atoms with van der Waals surface area (Å²) < 4.78 is 5.81. The molecular formula is C20H14N4O4S. The number of nitrogens with one attached hydrogen (secondary N) is 1. The van der Waals surface area contributed by atoms with Gasteiger partial charge in [0, 0.05) is 46.9 Å². The number of nitrogens with zero attached hydrogens (tertiary/aromatic N) is 3. The van der Waals surface area contributed by atoms with Crippen LogP contribution in [0.2, 0.25) is 0 Å². The summed E-state index contributed by atoms with van der Waals surface area (Å²) in [5.74, 6) is 0.206. The number of non-ortho nitro benzene ring substituents is 1. The van der Waals surface area contributed by atoms with Gasteiger partial charge in [-0.2, -0.15) is 0 Å². The number of hydrogen-bond acceptors (Lipinski definition) is 7. The molecule has 4 aromatic rings. The number of aromatic nitrogens is 2. The zero-order valence-electron chi connectivity index (χ0n) is 14.9. The molecule has 1 amide bonds. The summed E-state index contributed by atoms with van der Waals surface area (Å²) in [4.78, 5) is 31.5. The normalized spacial score (nSPS) is 10.8. The van der Waals surface area contributed by atoms with Gasteiger partial charge in [-0.15, -0.1) is 0 Å². The molecule has 2 heterocycles. The third-order valence-electron chi connectivity index (χ3n) is 4.13. The van der Waals surface area contributed by atoms with Gasteiger partial charge in [0.2, 0.25) is 0 Å². The summed E-state index contributed by atoms with van der Waals surface area (Å²) in [5.41, 5.74) is 1.72. The Balaban J connectivity index is 1.61. The highest BCUT2D eigenvalue weighted by molar-refractivity contribution is 7.98. The van der Waals surface area contributed by atoms with Crippen LogP contribution < -0.4 is 5.32 Å². The smallest absolute Gasteiger partial charge is 0.291 e. The van der Waals surface area contributed by atoms with Crippen LogP contribution in [0.25, 0.3) is 11.0 Å². The Labute approximate surface area is 169 Å². The van der Waals surface area contributed by atoms with E-state index in [1.807, 2.05) is 18.2 Å². The standard InChI is InChI=1S/C20H14N4O4S/c25-19(23-13-6-8-14(9-7-13)24(26)27)18-16(12-29-20-21-10-3-11-22-20)15-4-1-2-5-17(15)28-18/h1-11H,12H2,(H,23,25). The Morgan fingerprint density at radius 2 is 1.79 bits per heavy atom. The maximum Gasteiger partial charge on any atom is 0.291 e. The first-order valence-electron chi connectivity index (χ1n) is 8.58. The lowest BCUT2D eigenvalue weighted by molar-refractivity contribution is -0.384. The van der Waals surface area contributed by atoms with Crippen molar-refractivity contribution in [1.29, 1.82) is 0 Å². The minimum atomic E-state index is -0.494. The predicted molar refractivity (Wildman–Crippen MR) is 109 cm³/mol. The van der Waals surface area contributed by atoms with Crippen molar-refractivity contribution in [3.05, 3.63) is 88.4 Å². The van der Waals surface area contributed by atoms with E-state index in [9.17, 15) is 14.9 Å². The summed E-state index contributed by atoms with van der Waals surface area (Å²) >= 11 is 1.40. The lowest BCUT2D eigenvalue weighted by Crippen LogP contribution is -2.12. The lowest BCUT2D eigenvalue weighted by Gasteiger charge is -2.05. The fraction of sp³-hybridized carbons (Fsp3) is 0.0500. The van der Waals surface area contributed by atoms with Crippen molar-refractivity contribution in [1.82, 2.24) is 9.97 Å². The number of thioether (sulfide) groups is 1. The van der Waals surface area contributed by atoms with Crippen LogP contribution in [-0.2, 0) is 5.75 Å². The van der Waals surface area contributed by atoms with Crippen LogP contribution in [-0.4, -0.2) is 20.8 Å². The first kappa shape index (κ1) is 18.6. The number of hydrogen-bond donors (Lipinski definition) is 1. The van der Waals surface area contributed by atoms with Crippen LogP contribution in [0.4, 0.5) is 11.4 Å². The number of fused-ring (bicyclic) bond motifs is 1. The van der Waals surface area contributed by atoms with Gasteiger partial charge in [-0.25, -0.2) is 9.97 Å². The number of carbonyl (C=O) groups is 1. The average molecular weight is 406 g/mol. The van der Waals surface area contributed by atoms with E-state index in [4.69, 9.17) is 4.42 Å². The first-order valence-corrected chi connectivity index (χ1v) is 9.56. The van der Waals surface area contributed by atoms with Crippen molar-refractivity contribution >= 4 is 40.0 Å². The summed E-state index contributed by atoms with van der Waals surface area (Å²) in [6.45, 7) is 0. The van der Waals surface area contributed by atoms with E-state index in [-0.39, 0.29) is 11.4 Å². The second-order valence-corrected chi connectivity index (χ2v) is 6.93. The predicted octanol–water partition coefficient (Wildman–Crippen LogP) is 4.68. The maximum atomic E-state index is 12.9. The van der Waals surface area contributed by atoms with E-state index in [1.165, 1.54) is 36.0 Å². The van der Waals surface area contributed by atoms with E-state index in [1.54, 1.807) is 24.5 Å². The van der Waals surface area contributed by atoms with Crippen LogP contribution in [0, 0.1) is 10.1 Å². The molecule has 0 aliphatic heterocycles. The van der Waals surface area contributed by atoms with Crippen molar-refractivity contribution in [2.24, 2.45) is 0 Å². The van der Waals surface area contributed by atoms with Gasteiger partial charge in [0.1, 0.15) is 5.58 Å². The number of nitro groups is 1. The maximum absolute atomic E-state index is 12.9. The zero-order chi connectivity index (χ0) is 20.2. The van der Waals surface area contributed by atoms with E-state index in [0.29, 0.717) is 22.2 Å². The highest BCUT2D eigenvalue weighted by Crippen LogP contribution is 2.31. The van der Waals surface area contributed by atoms with Gasteiger partial charge >= 0.3 is 0 Å². The van der Waals surface area contributed by atoms with Crippen LogP contribution >= 0.6 is 11.8 Å². The number of rotatable bonds is 6. The fourth-order valence-electron chi connectivity index (χ4n) is 2.78. The molecule has 0 fully saturated rings. The van der Waals surface area contributed by atoms with Gasteiger partial charge in [0.15, 0.2) is 10.9 Å². The molecule has 2 aromatic heterocycles. The number of amides is 1. The second kappa shape index (κ2) is 8.11. The molecule has 0 unspecified atom stereocenters. The Bertz CT molecular complexity index is 1180. The molecule has 0 radical (unpaired) electrons. The van der Waals surface area contributed by atoms with E-state index < -0.39 is 10.8 Å². The summed E-state index contributed by atoms with van der Waals surface area (Å²) in [6, 6.07) is 14.8. The van der Waals surface area contributed by atoms with Crippen molar-refractivity contribution in [2.75, 3.05) is 5.32 Å². The number of anilines is 1. The molecule has 4 rings (SSSR count). The van der Waals surface area contributed by atoms with Crippen molar-refractivity contribution in [3.63, 3.8) is 0 Å². The van der Waals surface area contributed by atoms with Crippen LogP contribution in [0.1, 0.15) is 16.1 Å². The van der Waals surface area contributed by atoms with Gasteiger partial charge in [-0.1, -0.05) is 30.0 Å². The van der Waals surface area contributed by atoms with Crippen LogP contribution in [0.5, 0.6) is 0 Å². The first-order chi connectivity index (χ1) is 14.1. The molecule has 2 aromatic carbocycles. The third-order valence-corrected chi connectivity index (χ3v) is 5.03. The Morgan fingerprint density at radius 1 is 1.07 bits per heavy atom. The van der Waals surface area contributed by atoms with Gasteiger partial charge < -0.3 is 9.73 Å². The lowest BCUT2D eigenvalue weighted by atomic mass is 10.1. The second-order valence-electron chi connectivity index (χ2n) is 5.98. The van der Waals surface area contributed by atoms with Crippen molar-refractivity contribution in [3.8, 4) is 0 Å². The van der Waals surface area contributed by atoms with Gasteiger partial charge in [-0.3, -0.25) is 14.9 Å². The van der Waals surface area contributed by atoms with Crippen molar-refractivity contribution in [2.45, 2.75) is 10.9 Å². The van der Waals surface area contributed by atoms with Crippen LogP contribution in [0.15, 0.2) is 76.6 Å². The molecule has 0 saturated carbocycles. The fourth-order valence-corrected chi connectivity index (χ4v) is 3.61. The number of furan rings is 1. The molecule has 0 aliphatic rings. The third kappa shape index (κ3) is 4.09. The molecular weight excluding hydrogens is 392 g/mol. The molecule has 144 valence electrons. The Kier molecular flexibility index (Phi) is 5.21. The van der Waals surface area contributed by atoms with Gasteiger partial charge in [-0.05, 0) is 24.3 Å². The summed E-state index contributed by atoms with van der Waals surface area (Å²) in [7, 11) is 0. The molecule has 0 aliphatic carbocycles. The molecule has 8 nitrogen and oxygen atoms in total. The van der Waals surface area contributed by atoms with E-state index >= 15 is 0 Å². The molecule has 1 N–H and O–H groups in total. The highest BCUT2D eigenvalue weighted by atomic mass is 32.2. The average Bonchev–Trinajstić information content (AvgIpc) is 3.12. The number of para-hydroxylation sites is 1. The topological polar surface area (TPSA) is 111 Å². The van der Waals surface area contributed by atoms with E-state index in [0.717, 1.165) is 10.9 Å². The van der Waals surface area contributed by atoms with E-state index in [2.05, 4.69) is 15.3 Å².